The van der Waals surface area contributed by atoms with E-state index in [2.05, 4.69) is 12.2 Å². The second-order valence-electron chi connectivity index (χ2n) is 4.13. The number of rotatable bonds is 3. The van der Waals surface area contributed by atoms with Crippen LogP contribution in [-0.4, -0.2) is 18.1 Å². The summed E-state index contributed by atoms with van der Waals surface area (Å²) >= 11 is 0. The summed E-state index contributed by atoms with van der Waals surface area (Å²) in [4.78, 5) is 0. The Balaban J connectivity index is 2.23. The molecule has 1 fully saturated rings. The Labute approximate surface area is 69.5 Å². The second kappa shape index (κ2) is 3.55. The molecule has 0 aromatic carbocycles. The van der Waals surface area contributed by atoms with Crippen molar-refractivity contribution in [3.05, 3.63) is 0 Å². The van der Waals surface area contributed by atoms with Crippen molar-refractivity contribution in [3.8, 4) is 0 Å². The normalized spacial score (nSPS) is 25.4. The SMILES string of the molecule is C[C@@H](N)CNC1(C)CCCC1. The van der Waals surface area contributed by atoms with E-state index < -0.39 is 0 Å². The summed E-state index contributed by atoms with van der Waals surface area (Å²) in [6.45, 7) is 5.31. The highest BCUT2D eigenvalue weighted by Gasteiger charge is 2.27. The van der Waals surface area contributed by atoms with Gasteiger partial charge in [0.05, 0.1) is 0 Å². The van der Waals surface area contributed by atoms with E-state index in [9.17, 15) is 0 Å². The average molecular weight is 156 g/mol. The first-order valence-electron chi connectivity index (χ1n) is 4.63. The predicted octanol–water partition coefficient (Wildman–Crippen LogP) is 1.26. The van der Waals surface area contributed by atoms with Crippen LogP contribution in [0.15, 0.2) is 0 Å². The molecule has 1 aliphatic carbocycles. The topological polar surface area (TPSA) is 38.0 Å². The maximum atomic E-state index is 5.67. The molecular formula is C9H20N2. The van der Waals surface area contributed by atoms with Gasteiger partial charge in [0.2, 0.25) is 0 Å². The quantitative estimate of drug-likeness (QED) is 0.645. The monoisotopic (exact) mass is 156 g/mol. The van der Waals surface area contributed by atoms with Gasteiger partial charge in [-0.05, 0) is 26.7 Å². The van der Waals surface area contributed by atoms with Crippen LogP contribution in [0.5, 0.6) is 0 Å². The molecule has 0 unspecified atom stereocenters. The lowest BCUT2D eigenvalue weighted by Gasteiger charge is -2.26. The van der Waals surface area contributed by atoms with Crippen molar-refractivity contribution < 1.29 is 0 Å². The van der Waals surface area contributed by atoms with Gasteiger partial charge in [-0.2, -0.15) is 0 Å². The van der Waals surface area contributed by atoms with Gasteiger partial charge in [0, 0.05) is 18.1 Å². The lowest BCUT2D eigenvalue weighted by Crippen LogP contribution is -2.45. The van der Waals surface area contributed by atoms with E-state index in [1.807, 2.05) is 6.92 Å². The zero-order valence-corrected chi connectivity index (χ0v) is 7.69. The van der Waals surface area contributed by atoms with Crippen molar-refractivity contribution in [3.63, 3.8) is 0 Å². The van der Waals surface area contributed by atoms with Gasteiger partial charge in [-0.3, -0.25) is 0 Å². The van der Waals surface area contributed by atoms with Crippen LogP contribution in [0.2, 0.25) is 0 Å². The van der Waals surface area contributed by atoms with Gasteiger partial charge in [-0.1, -0.05) is 12.8 Å². The number of nitrogens with one attached hydrogen (secondary N) is 1. The van der Waals surface area contributed by atoms with E-state index >= 15 is 0 Å². The van der Waals surface area contributed by atoms with E-state index in [4.69, 9.17) is 5.73 Å². The Hall–Kier alpha value is -0.0800. The second-order valence-corrected chi connectivity index (χ2v) is 4.13. The smallest absolute Gasteiger partial charge is 0.0154 e. The first kappa shape index (κ1) is 9.01. The van der Waals surface area contributed by atoms with Gasteiger partial charge in [0.15, 0.2) is 0 Å². The average Bonchev–Trinajstić information content (AvgIpc) is 2.33. The summed E-state index contributed by atoms with van der Waals surface area (Å²) in [7, 11) is 0. The van der Waals surface area contributed by atoms with E-state index in [0.717, 1.165) is 6.54 Å². The molecule has 0 spiro atoms. The molecule has 1 atom stereocenters. The van der Waals surface area contributed by atoms with Crippen LogP contribution >= 0.6 is 0 Å². The van der Waals surface area contributed by atoms with Crippen LogP contribution in [0, 0.1) is 0 Å². The van der Waals surface area contributed by atoms with Gasteiger partial charge < -0.3 is 11.1 Å². The summed E-state index contributed by atoms with van der Waals surface area (Å²) in [5.41, 5.74) is 6.06. The van der Waals surface area contributed by atoms with Crippen molar-refractivity contribution in [2.24, 2.45) is 5.73 Å². The predicted molar refractivity (Wildman–Crippen MR) is 48.5 cm³/mol. The highest BCUT2D eigenvalue weighted by atomic mass is 15.0. The summed E-state index contributed by atoms with van der Waals surface area (Å²) in [6.07, 6.45) is 5.39. The molecule has 0 heterocycles. The van der Waals surface area contributed by atoms with Gasteiger partial charge in [0.1, 0.15) is 0 Å². The van der Waals surface area contributed by atoms with Gasteiger partial charge in [0.25, 0.3) is 0 Å². The third-order valence-corrected chi connectivity index (χ3v) is 2.56. The van der Waals surface area contributed by atoms with Crippen LogP contribution in [0.3, 0.4) is 0 Å². The number of hydrogen-bond donors (Lipinski definition) is 2. The maximum Gasteiger partial charge on any atom is 0.0154 e. The van der Waals surface area contributed by atoms with Crippen LogP contribution < -0.4 is 11.1 Å². The first-order chi connectivity index (χ1) is 5.12. The van der Waals surface area contributed by atoms with Crippen molar-refractivity contribution in [2.45, 2.75) is 51.1 Å². The summed E-state index contributed by atoms with van der Waals surface area (Å²) < 4.78 is 0. The zero-order chi connectivity index (χ0) is 8.32. The molecule has 0 amide bonds. The largest absolute Gasteiger partial charge is 0.327 e. The molecule has 0 aliphatic heterocycles. The van der Waals surface area contributed by atoms with Crippen molar-refractivity contribution in [1.29, 1.82) is 0 Å². The molecule has 0 bridgehead atoms. The standard InChI is InChI=1S/C9H20N2/c1-8(10)7-11-9(2)5-3-4-6-9/h8,11H,3-7,10H2,1-2H3/t8-/m1/s1. The van der Waals surface area contributed by atoms with Crippen LogP contribution in [0.25, 0.3) is 0 Å². The summed E-state index contributed by atoms with van der Waals surface area (Å²) in [5.74, 6) is 0. The fourth-order valence-electron chi connectivity index (χ4n) is 1.74. The summed E-state index contributed by atoms with van der Waals surface area (Å²) in [5, 5.41) is 3.53. The van der Waals surface area contributed by atoms with Crippen LogP contribution in [0.1, 0.15) is 39.5 Å². The van der Waals surface area contributed by atoms with E-state index in [0.29, 0.717) is 5.54 Å². The van der Waals surface area contributed by atoms with Crippen molar-refractivity contribution in [2.75, 3.05) is 6.54 Å². The highest BCUT2D eigenvalue weighted by Crippen LogP contribution is 2.28. The molecule has 3 N–H and O–H groups in total. The number of nitrogens with two attached hydrogens (primary N) is 1. The Morgan fingerprint density at radius 2 is 2.00 bits per heavy atom. The van der Waals surface area contributed by atoms with Crippen LogP contribution in [0.4, 0.5) is 0 Å². The molecule has 0 radical (unpaired) electrons. The fourth-order valence-corrected chi connectivity index (χ4v) is 1.74. The van der Waals surface area contributed by atoms with E-state index in [1.54, 1.807) is 0 Å². The highest BCUT2D eigenvalue weighted by molar-refractivity contribution is 4.88. The third-order valence-electron chi connectivity index (χ3n) is 2.56. The molecule has 2 nitrogen and oxygen atoms in total. The minimum absolute atomic E-state index is 0.285. The van der Waals surface area contributed by atoms with E-state index in [-0.39, 0.29) is 6.04 Å². The van der Waals surface area contributed by atoms with Crippen LogP contribution in [-0.2, 0) is 0 Å². The lowest BCUT2D eigenvalue weighted by atomic mass is 10.0. The van der Waals surface area contributed by atoms with Gasteiger partial charge in [-0.15, -0.1) is 0 Å². The summed E-state index contributed by atoms with van der Waals surface area (Å²) in [6, 6.07) is 0.285. The Bertz CT molecular complexity index is 115. The molecule has 1 saturated carbocycles. The van der Waals surface area contributed by atoms with E-state index in [1.165, 1.54) is 25.7 Å². The molecule has 0 aromatic rings. The zero-order valence-electron chi connectivity index (χ0n) is 7.69. The van der Waals surface area contributed by atoms with Crippen molar-refractivity contribution in [1.82, 2.24) is 5.32 Å². The van der Waals surface area contributed by atoms with Gasteiger partial charge >= 0.3 is 0 Å². The molecule has 1 rings (SSSR count). The minimum atomic E-state index is 0.285. The minimum Gasteiger partial charge on any atom is -0.327 e. The lowest BCUT2D eigenvalue weighted by molar-refractivity contribution is 0.356. The molecule has 2 heteroatoms. The molecule has 1 aliphatic rings. The molecule has 11 heavy (non-hydrogen) atoms. The first-order valence-corrected chi connectivity index (χ1v) is 4.63. The van der Waals surface area contributed by atoms with Crippen molar-refractivity contribution >= 4 is 0 Å². The maximum absolute atomic E-state index is 5.67. The molecule has 0 saturated heterocycles. The fraction of sp³-hybridized carbons (Fsp3) is 1.00. The third kappa shape index (κ3) is 2.80. The Kier molecular flexibility index (Phi) is 2.90. The van der Waals surface area contributed by atoms with Gasteiger partial charge in [-0.25, -0.2) is 0 Å². The molecular weight excluding hydrogens is 136 g/mol. The Morgan fingerprint density at radius 3 is 2.45 bits per heavy atom. The number of hydrogen-bond acceptors (Lipinski definition) is 2. The Morgan fingerprint density at radius 1 is 1.45 bits per heavy atom. The molecule has 0 aromatic heterocycles. The molecule has 66 valence electrons.